The summed E-state index contributed by atoms with van der Waals surface area (Å²) in [5.74, 6) is 0.975. The molecule has 0 bridgehead atoms. The van der Waals surface area contributed by atoms with E-state index in [1.54, 1.807) is 35.3 Å². The molecule has 0 atom stereocenters. The average molecular weight is 436 g/mol. The summed E-state index contributed by atoms with van der Waals surface area (Å²) in [7, 11) is 0. The van der Waals surface area contributed by atoms with Gasteiger partial charge in [0.2, 0.25) is 0 Å². The van der Waals surface area contributed by atoms with Crippen LogP contribution in [-0.2, 0) is 13.2 Å². The number of amides is 1. The van der Waals surface area contributed by atoms with Crippen LogP contribution in [0.25, 0.3) is 0 Å². The second-order valence-corrected chi connectivity index (χ2v) is 7.72. The number of hydrogen-bond acceptors (Lipinski definition) is 4. The Labute approximate surface area is 185 Å². The Hall–Kier alpha value is -3.51. The number of benzene rings is 2. The van der Waals surface area contributed by atoms with Crippen LogP contribution in [0.5, 0.6) is 5.75 Å². The zero-order chi connectivity index (χ0) is 21.8. The van der Waals surface area contributed by atoms with E-state index in [2.05, 4.69) is 29.5 Å². The first-order chi connectivity index (χ1) is 15.0. The van der Waals surface area contributed by atoms with Gasteiger partial charge in [0.25, 0.3) is 5.91 Å². The first-order valence-corrected chi connectivity index (χ1v) is 10.2. The summed E-state index contributed by atoms with van der Waals surface area (Å²) in [4.78, 5) is 12.5. The lowest BCUT2D eigenvalue weighted by atomic mass is 10.1. The fraction of sp³-hybridized carbons (Fsp3) is 0.167. The van der Waals surface area contributed by atoms with Gasteiger partial charge in [-0.25, -0.2) is 0 Å². The van der Waals surface area contributed by atoms with E-state index >= 15 is 0 Å². The van der Waals surface area contributed by atoms with Gasteiger partial charge in [-0.05, 0) is 43.2 Å². The van der Waals surface area contributed by atoms with Crippen molar-refractivity contribution in [2.45, 2.75) is 27.0 Å². The summed E-state index contributed by atoms with van der Waals surface area (Å²) in [6.07, 6.45) is 3.40. The lowest BCUT2D eigenvalue weighted by Crippen LogP contribution is -2.10. The lowest BCUT2D eigenvalue weighted by Gasteiger charge is -2.09. The van der Waals surface area contributed by atoms with Crippen LogP contribution in [0.1, 0.15) is 33.0 Å². The Balaban J connectivity index is 1.35. The maximum absolute atomic E-state index is 12.5. The molecule has 0 unspecified atom stereocenters. The van der Waals surface area contributed by atoms with Gasteiger partial charge in [-0.1, -0.05) is 53.6 Å². The molecule has 4 aromatic rings. The number of rotatable bonds is 7. The van der Waals surface area contributed by atoms with Crippen LogP contribution in [0, 0.1) is 13.8 Å². The predicted octanol–water partition coefficient (Wildman–Crippen LogP) is 5.63. The molecular formula is C24H22ClN3O3. The molecule has 4 rings (SSSR count). The van der Waals surface area contributed by atoms with Crippen LogP contribution >= 0.6 is 11.6 Å². The third-order valence-electron chi connectivity index (χ3n) is 4.73. The average Bonchev–Trinajstić information content (AvgIpc) is 3.37. The minimum Gasteiger partial charge on any atom is -0.484 e. The minimum atomic E-state index is -0.352. The van der Waals surface area contributed by atoms with Gasteiger partial charge in [-0.15, -0.1) is 0 Å². The molecule has 0 saturated heterocycles. The van der Waals surface area contributed by atoms with Crippen molar-refractivity contribution in [3.63, 3.8) is 0 Å². The molecule has 1 amide bonds. The van der Waals surface area contributed by atoms with Gasteiger partial charge in [0.05, 0.1) is 23.5 Å². The van der Waals surface area contributed by atoms with Crippen molar-refractivity contribution < 1.29 is 13.9 Å². The van der Waals surface area contributed by atoms with E-state index < -0.39 is 0 Å². The number of halogens is 1. The number of carbonyl (C=O) groups is 1. The molecule has 2 aromatic heterocycles. The molecule has 6 nitrogen and oxygen atoms in total. The first-order valence-electron chi connectivity index (χ1n) is 9.84. The largest absolute Gasteiger partial charge is 0.484 e. The normalized spacial score (nSPS) is 10.8. The second-order valence-electron chi connectivity index (χ2n) is 7.31. The number of ether oxygens (including phenoxy) is 1. The molecule has 0 fully saturated rings. The number of para-hydroxylation sites is 1. The monoisotopic (exact) mass is 435 g/mol. The minimum absolute atomic E-state index is 0.173. The maximum atomic E-state index is 12.5. The molecule has 0 saturated carbocycles. The maximum Gasteiger partial charge on any atom is 0.291 e. The van der Waals surface area contributed by atoms with Crippen molar-refractivity contribution in [1.29, 1.82) is 0 Å². The number of aromatic nitrogens is 2. The van der Waals surface area contributed by atoms with E-state index in [1.807, 2.05) is 31.2 Å². The summed E-state index contributed by atoms with van der Waals surface area (Å²) in [5.41, 5.74) is 3.86. The van der Waals surface area contributed by atoms with Crippen LogP contribution in [0.3, 0.4) is 0 Å². The van der Waals surface area contributed by atoms with Gasteiger partial charge in [0.1, 0.15) is 18.1 Å². The summed E-state index contributed by atoms with van der Waals surface area (Å²) >= 11 is 6.17. The number of carbonyl (C=O) groups excluding carboxylic acids is 1. The van der Waals surface area contributed by atoms with Gasteiger partial charge in [-0.2, -0.15) is 5.10 Å². The van der Waals surface area contributed by atoms with Crippen molar-refractivity contribution in [2.75, 3.05) is 5.32 Å². The molecule has 0 radical (unpaired) electrons. The molecule has 0 aliphatic rings. The molecule has 158 valence electrons. The summed E-state index contributed by atoms with van der Waals surface area (Å²) in [5, 5.41) is 7.65. The lowest BCUT2D eigenvalue weighted by molar-refractivity contribution is 0.0992. The van der Waals surface area contributed by atoms with Crippen LogP contribution in [0.2, 0.25) is 5.02 Å². The Morgan fingerprint density at radius 3 is 2.81 bits per heavy atom. The Kier molecular flexibility index (Phi) is 6.09. The van der Waals surface area contributed by atoms with E-state index in [0.29, 0.717) is 28.8 Å². The summed E-state index contributed by atoms with van der Waals surface area (Å²) < 4.78 is 13.2. The molecule has 7 heteroatoms. The standard InChI is InChI=1S/C24H22ClN3O3/c1-16-5-3-7-18(11-16)13-28-14-19(12-26-28)27-24(29)22-10-9-20(31-22)15-30-23-17(2)6-4-8-21(23)25/h3-12,14H,13,15H2,1-2H3,(H,27,29). The number of nitrogens with one attached hydrogen (secondary N) is 1. The van der Waals surface area contributed by atoms with Crippen LogP contribution in [0.15, 0.2) is 71.4 Å². The summed E-state index contributed by atoms with van der Waals surface area (Å²) in [6, 6.07) is 17.1. The number of nitrogens with zero attached hydrogens (tertiary/aromatic N) is 2. The number of aryl methyl sites for hydroxylation is 2. The fourth-order valence-corrected chi connectivity index (χ4v) is 3.50. The van der Waals surface area contributed by atoms with Crippen LogP contribution in [-0.4, -0.2) is 15.7 Å². The molecule has 31 heavy (non-hydrogen) atoms. The topological polar surface area (TPSA) is 69.3 Å². The zero-order valence-electron chi connectivity index (χ0n) is 17.3. The van der Waals surface area contributed by atoms with E-state index in [1.165, 1.54) is 5.56 Å². The molecule has 2 heterocycles. The molecular weight excluding hydrogens is 414 g/mol. The van der Waals surface area contributed by atoms with Crippen molar-refractivity contribution in [3.8, 4) is 5.75 Å². The number of hydrogen-bond donors (Lipinski definition) is 1. The van der Waals surface area contributed by atoms with Crippen LogP contribution in [0.4, 0.5) is 5.69 Å². The van der Waals surface area contributed by atoms with Gasteiger partial charge in [-0.3, -0.25) is 9.48 Å². The molecule has 1 N–H and O–H groups in total. The van der Waals surface area contributed by atoms with Gasteiger partial charge in [0, 0.05) is 6.20 Å². The SMILES string of the molecule is Cc1cccc(Cn2cc(NC(=O)c3ccc(COc4c(C)cccc4Cl)o3)cn2)c1. The van der Waals surface area contributed by atoms with E-state index in [9.17, 15) is 4.79 Å². The second kappa shape index (κ2) is 9.10. The van der Waals surface area contributed by atoms with Crippen molar-refractivity contribution in [3.05, 3.63) is 100 Å². The van der Waals surface area contributed by atoms with Crippen molar-refractivity contribution in [2.24, 2.45) is 0 Å². The molecule has 0 aliphatic heterocycles. The summed E-state index contributed by atoms with van der Waals surface area (Å²) in [6.45, 7) is 4.77. The Bertz CT molecular complexity index is 1190. The van der Waals surface area contributed by atoms with E-state index in [0.717, 1.165) is 11.1 Å². The van der Waals surface area contributed by atoms with Crippen LogP contribution < -0.4 is 10.1 Å². The molecule has 0 aliphatic carbocycles. The zero-order valence-corrected chi connectivity index (χ0v) is 18.0. The van der Waals surface area contributed by atoms with Gasteiger partial charge >= 0.3 is 0 Å². The van der Waals surface area contributed by atoms with Crippen molar-refractivity contribution in [1.82, 2.24) is 9.78 Å². The number of furan rings is 1. The Morgan fingerprint density at radius 1 is 1.16 bits per heavy atom. The third-order valence-corrected chi connectivity index (χ3v) is 5.02. The fourth-order valence-electron chi connectivity index (χ4n) is 3.23. The van der Waals surface area contributed by atoms with E-state index in [4.69, 9.17) is 20.8 Å². The quantitative estimate of drug-likeness (QED) is 0.408. The molecule has 2 aromatic carbocycles. The highest BCUT2D eigenvalue weighted by Gasteiger charge is 2.14. The third kappa shape index (κ3) is 5.16. The first kappa shape index (κ1) is 20.8. The predicted molar refractivity (Wildman–Crippen MR) is 120 cm³/mol. The van der Waals surface area contributed by atoms with Gasteiger partial charge < -0.3 is 14.5 Å². The molecule has 0 spiro atoms. The highest BCUT2D eigenvalue weighted by Crippen LogP contribution is 2.28. The van der Waals surface area contributed by atoms with Gasteiger partial charge in [0.15, 0.2) is 5.76 Å². The smallest absolute Gasteiger partial charge is 0.291 e. The highest BCUT2D eigenvalue weighted by molar-refractivity contribution is 6.32. The van der Waals surface area contributed by atoms with Crippen molar-refractivity contribution >= 4 is 23.2 Å². The van der Waals surface area contributed by atoms with E-state index in [-0.39, 0.29) is 18.3 Å². The number of anilines is 1. The Morgan fingerprint density at radius 2 is 2.00 bits per heavy atom. The highest BCUT2D eigenvalue weighted by atomic mass is 35.5.